The summed E-state index contributed by atoms with van der Waals surface area (Å²) in [6, 6.07) is 4.11. The fraction of sp³-hybridized carbons (Fsp3) is 0.312. The van der Waals surface area contributed by atoms with Crippen molar-refractivity contribution in [2.45, 2.75) is 20.4 Å². The van der Waals surface area contributed by atoms with E-state index in [1.165, 1.54) is 18.5 Å². The van der Waals surface area contributed by atoms with Gasteiger partial charge in [-0.2, -0.15) is 5.10 Å². The van der Waals surface area contributed by atoms with Gasteiger partial charge in [0.25, 0.3) is 0 Å². The molecule has 0 radical (unpaired) electrons. The Morgan fingerprint density at radius 3 is 2.63 bits per heavy atom. The molecule has 27 heavy (non-hydrogen) atoms. The first-order chi connectivity index (χ1) is 12.8. The number of aromatic nitrogens is 2. The monoisotopic (exact) mass is 375 g/mol. The van der Waals surface area contributed by atoms with Gasteiger partial charge in [-0.15, -0.1) is 0 Å². The third-order valence-electron chi connectivity index (χ3n) is 3.87. The fourth-order valence-electron chi connectivity index (χ4n) is 2.69. The minimum absolute atomic E-state index is 0.150. The summed E-state index contributed by atoms with van der Waals surface area (Å²) in [5.41, 5.74) is 0.709. The zero-order valence-corrected chi connectivity index (χ0v) is 14.6. The second kappa shape index (κ2) is 7.32. The summed E-state index contributed by atoms with van der Waals surface area (Å²) in [5, 5.41) is 19.6. The van der Waals surface area contributed by atoms with Gasteiger partial charge in [0.1, 0.15) is 31.1 Å². The van der Waals surface area contributed by atoms with Gasteiger partial charge in [-0.05, 0) is 26.0 Å². The Kier molecular flexibility index (Phi) is 4.92. The van der Waals surface area contributed by atoms with Gasteiger partial charge in [0.2, 0.25) is 5.91 Å². The van der Waals surface area contributed by atoms with Gasteiger partial charge in [-0.25, -0.2) is 4.79 Å². The van der Waals surface area contributed by atoms with Crippen LogP contribution in [0.15, 0.2) is 18.2 Å². The highest BCUT2D eigenvalue weighted by atomic mass is 16.6. The highest BCUT2D eigenvalue weighted by Crippen LogP contribution is 2.32. The first kappa shape index (κ1) is 18.2. The van der Waals surface area contributed by atoms with Crippen LogP contribution in [-0.4, -0.2) is 39.9 Å². The highest BCUT2D eigenvalue weighted by Gasteiger charge is 2.23. The topological polar surface area (TPSA) is 138 Å². The van der Waals surface area contributed by atoms with E-state index in [1.807, 2.05) is 0 Å². The van der Waals surface area contributed by atoms with Crippen LogP contribution in [-0.2, 0) is 11.3 Å². The van der Waals surface area contributed by atoms with Gasteiger partial charge < -0.3 is 14.8 Å². The van der Waals surface area contributed by atoms with Crippen molar-refractivity contribution in [1.29, 1.82) is 0 Å². The number of rotatable bonds is 4. The Labute approximate surface area is 153 Å². The molecule has 0 atom stereocenters. The Hall–Kier alpha value is -3.63. The van der Waals surface area contributed by atoms with Gasteiger partial charge in [0.15, 0.2) is 11.5 Å². The molecule has 1 aliphatic heterocycles. The molecule has 2 N–H and O–H groups in total. The minimum Gasteiger partial charge on any atom is -0.486 e. The van der Waals surface area contributed by atoms with Crippen molar-refractivity contribution >= 4 is 23.3 Å². The number of benzene rings is 1. The van der Waals surface area contributed by atoms with E-state index in [0.29, 0.717) is 30.4 Å². The first-order valence-corrected chi connectivity index (χ1v) is 8.04. The average molecular weight is 375 g/mol. The molecular formula is C16H17N5O6. The summed E-state index contributed by atoms with van der Waals surface area (Å²) >= 11 is 0. The van der Waals surface area contributed by atoms with Crippen molar-refractivity contribution in [3.63, 3.8) is 0 Å². The number of nitrogens with zero attached hydrogens (tertiary/aromatic N) is 3. The number of nitrogens with one attached hydrogen (secondary N) is 2. The van der Waals surface area contributed by atoms with Crippen molar-refractivity contribution < 1.29 is 24.0 Å². The van der Waals surface area contributed by atoms with Gasteiger partial charge >= 0.3 is 11.7 Å². The molecule has 1 aromatic heterocycles. The summed E-state index contributed by atoms with van der Waals surface area (Å²) in [6.07, 6.45) is 0. The smallest absolute Gasteiger partial charge is 0.325 e. The normalized spacial score (nSPS) is 12.4. The molecular weight excluding hydrogens is 358 g/mol. The second-order valence-electron chi connectivity index (χ2n) is 5.79. The SMILES string of the molecule is Cc1nn(CC(=O)NC(=O)Nc2ccc3c(c2)OCCO3)c(C)c1[N+](=O)[O-]. The number of carbonyl (C=O) groups is 2. The predicted molar refractivity (Wildman–Crippen MR) is 92.9 cm³/mol. The number of fused-ring (bicyclic) bond motifs is 1. The van der Waals surface area contributed by atoms with Crippen LogP contribution in [0.4, 0.5) is 16.2 Å². The molecule has 1 aliphatic rings. The molecule has 0 saturated carbocycles. The highest BCUT2D eigenvalue weighted by molar-refractivity contribution is 6.01. The Balaban J connectivity index is 1.61. The number of hydrogen-bond donors (Lipinski definition) is 2. The molecule has 3 rings (SSSR count). The van der Waals surface area contributed by atoms with Crippen LogP contribution < -0.4 is 20.1 Å². The molecule has 0 aliphatic carbocycles. The third kappa shape index (κ3) is 3.97. The lowest BCUT2D eigenvalue weighted by Crippen LogP contribution is -2.37. The van der Waals surface area contributed by atoms with E-state index in [1.54, 1.807) is 18.2 Å². The quantitative estimate of drug-likeness (QED) is 0.610. The van der Waals surface area contributed by atoms with Crippen LogP contribution in [0.25, 0.3) is 0 Å². The number of ether oxygens (including phenoxy) is 2. The van der Waals surface area contributed by atoms with E-state index in [0.717, 1.165) is 0 Å². The van der Waals surface area contributed by atoms with Crippen LogP contribution in [0.3, 0.4) is 0 Å². The molecule has 11 nitrogen and oxygen atoms in total. The van der Waals surface area contributed by atoms with E-state index in [2.05, 4.69) is 15.7 Å². The first-order valence-electron chi connectivity index (χ1n) is 8.04. The van der Waals surface area contributed by atoms with Crippen molar-refractivity contribution in [3.05, 3.63) is 39.7 Å². The minimum atomic E-state index is -0.743. The number of hydrogen-bond acceptors (Lipinski definition) is 7. The Bertz CT molecular complexity index is 922. The van der Waals surface area contributed by atoms with E-state index < -0.39 is 16.9 Å². The van der Waals surface area contributed by atoms with Crippen molar-refractivity contribution in [2.75, 3.05) is 18.5 Å². The summed E-state index contributed by atoms with van der Waals surface area (Å²) < 4.78 is 12.0. The molecule has 0 unspecified atom stereocenters. The van der Waals surface area contributed by atoms with E-state index >= 15 is 0 Å². The molecule has 2 heterocycles. The lowest BCUT2D eigenvalue weighted by atomic mass is 10.2. The lowest BCUT2D eigenvalue weighted by molar-refractivity contribution is -0.386. The average Bonchev–Trinajstić information content (AvgIpc) is 2.88. The largest absolute Gasteiger partial charge is 0.486 e. The maximum atomic E-state index is 12.0. The number of nitro groups is 1. The van der Waals surface area contributed by atoms with Gasteiger partial charge in [-0.1, -0.05) is 0 Å². The molecule has 0 fully saturated rings. The molecule has 0 bridgehead atoms. The Morgan fingerprint density at radius 2 is 1.96 bits per heavy atom. The molecule has 2 aromatic rings. The van der Waals surface area contributed by atoms with Crippen LogP contribution in [0.5, 0.6) is 11.5 Å². The van der Waals surface area contributed by atoms with Crippen molar-refractivity contribution in [1.82, 2.24) is 15.1 Å². The Morgan fingerprint density at radius 1 is 1.26 bits per heavy atom. The van der Waals surface area contributed by atoms with Crippen LogP contribution in [0.2, 0.25) is 0 Å². The zero-order valence-electron chi connectivity index (χ0n) is 14.6. The third-order valence-corrected chi connectivity index (χ3v) is 3.87. The molecule has 0 saturated heterocycles. The van der Waals surface area contributed by atoms with E-state index in [9.17, 15) is 19.7 Å². The second-order valence-corrected chi connectivity index (χ2v) is 5.79. The van der Waals surface area contributed by atoms with Gasteiger partial charge in [0.05, 0.1) is 4.92 Å². The molecule has 1 aromatic carbocycles. The number of anilines is 1. The fourth-order valence-corrected chi connectivity index (χ4v) is 2.69. The standard InChI is InChI=1S/C16H17N5O6/c1-9-15(21(24)25)10(2)20(19-9)8-14(22)18-16(23)17-11-3-4-12-13(7-11)27-6-5-26-12/h3-4,7H,5-6,8H2,1-2H3,(H2,17,18,22,23). The van der Waals surface area contributed by atoms with Crippen LogP contribution >= 0.6 is 0 Å². The van der Waals surface area contributed by atoms with Crippen LogP contribution in [0.1, 0.15) is 11.4 Å². The maximum absolute atomic E-state index is 12.0. The summed E-state index contributed by atoms with van der Waals surface area (Å²) in [7, 11) is 0. The zero-order chi connectivity index (χ0) is 19.6. The molecule has 3 amide bonds. The number of carbonyl (C=O) groups excluding carboxylic acids is 2. The summed E-state index contributed by atoms with van der Waals surface area (Å²) in [6.45, 7) is 3.51. The van der Waals surface area contributed by atoms with Gasteiger partial charge in [-0.3, -0.25) is 24.9 Å². The number of aryl methyl sites for hydroxylation is 1. The number of imide groups is 1. The predicted octanol–water partition coefficient (Wildman–Crippen LogP) is 1.53. The number of urea groups is 1. The maximum Gasteiger partial charge on any atom is 0.325 e. The molecule has 142 valence electrons. The van der Waals surface area contributed by atoms with E-state index in [-0.39, 0.29) is 23.6 Å². The van der Waals surface area contributed by atoms with Crippen molar-refractivity contribution in [3.8, 4) is 11.5 Å². The lowest BCUT2D eigenvalue weighted by Gasteiger charge is -2.19. The van der Waals surface area contributed by atoms with Gasteiger partial charge in [0, 0.05) is 11.8 Å². The molecule has 11 heteroatoms. The number of amides is 3. The summed E-state index contributed by atoms with van der Waals surface area (Å²) in [5.74, 6) is 0.417. The summed E-state index contributed by atoms with van der Waals surface area (Å²) in [4.78, 5) is 34.5. The van der Waals surface area contributed by atoms with Crippen molar-refractivity contribution in [2.24, 2.45) is 0 Å². The van der Waals surface area contributed by atoms with E-state index in [4.69, 9.17) is 9.47 Å². The van der Waals surface area contributed by atoms with Crippen LogP contribution in [0, 0.1) is 24.0 Å². The molecule has 0 spiro atoms.